The van der Waals surface area contributed by atoms with E-state index in [-0.39, 0.29) is 36.4 Å². The molecule has 1 fully saturated rings. The Kier molecular flexibility index (Phi) is 11.3. The molecule has 0 radical (unpaired) electrons. The maximum atomic E-state index is 11.9. The van der Waals surface area contributed by atoms with E-state index in [2.05, 4.69) is 39.5 Å². The first-order valence-electron chi connectivity index (χ1n) is 9.37. The molecule has 1 aliphatic heterocycles. The third-order valence-electron chi connectivity index (χ3n) is 4.64. The number of nitrogens with zero attached hydrogens (tertiary/aromatic N) is 3. The van der Waals surface area contributed by atoms with Gasteiger partial charge in [0.15, 0.2) is 5.96 Å². The molecular formula is C20H33IN4O2. The highest BCUT2D eigenvalue weighted by molar-refractivity contribution is 14.0. The number of carbonyl (C=O) groups excluding carboxylic acids is 1. The fourth-order valence-electron chi connectivity index (χ4n) is 2.96. The molecule has 1 heterocycles. The Labute approximate surface area is 180 Å². The van der Waals surface area contributed by atoms with Crippen LogP contribution < -0.4 is 5.32 Å². The number of guanidine groups is 1. The van der Waals surface area contributed by atoms with Crippen LogP contribution in [0.15, 0.2) is 35.3 Å². The summed E-state index contributed by atoms with van der Waals surface area (Å²) in [6.07, 6.45) is 3.09. The summed E-state index contributed by atoms with van der Waals surface area (Å²) in [5.41, 5.74) is 1.29. The van der Waals surface area contributed by atoms with Gasteiger partial charge in [0.2, 0.25) is 5.91 Å². The van der Waals surface area contributed by atoms with Crippen molar-refractivity contribution in [3.8, 4) is 0 Å². The van der Waals surface area contributed by atoms with Gasteiger partial charge in [0.05, 0.1) is 0 Å². The molecule has 152 valence electrons. The minimum Gasteiger partial charge on any atom is -0.381 e. The molecule has 7 heteroatoms. The number of nitrogens with one attached hydrogen (secondary N) is 1. The summed E-state index contributed by atoms with van der Waals surface area (Å²) < 4.78 is 5.45. The molecule has 1 saturated heterocycles. The Morgan fingerprint density at radius 1 is 1.19 bits per heavy atom. The monoisotopic (exact) mass is 488 g/mol. The van der Waals surface area contributed by atoms with Gasteiger partial charge in [-0.05, 0) is 30.7 Å². The van der Waals surface area contributed by atoms with Gasteiger partial charge in [-0.1, -0.05) is 30.3 Å². The lowest BCUT2D eigenvalue weighted by Gasteiger charge is -2.29. The molecule has 1 N–H and O–H groups in total. The Balaban J connectivity index is 0.00000364. The standard InChI is InChI=1S/C20H32N4O2.HI/c1-23(2)19(25)15-22-20(21-12-9-17-7-5-4-6-8-17)24(3)16-18-10-13-26-14-11-18;/h4-8,18H,9-16H2,1-3H3,(H,21,22);1H. The number of carbonyl (C=O) groups is 1. The van der Waals surface area contributed by atoms with E-state index in [1.54, 1.807) is 19.0 Å². The van der Waals surface area contributed by atoms with Gasteiger partial charge in [-0.15, -0.1) is 24.0 Å². The molecule has 27 heavy (non-hydrogen) atoms. The summed E-state index contributed by atoms with van der Waals surface area (Å²) in [6, 6.07) is 10.4. The van der Waals surface area contributed by atoms with Crippen LogP contribution in [0.4, 0.5) is 0 Å². The molecule has 6 nitrogen and oxygen atoms in total. The van der Waals surface area contributed by atoms with Crippen molar-refractivity contribution in [2.45, 2.75) is 19.3 Å². The number of rotatable bonds is 7. The molecule has 1 aromatic carbocycles. The van der Waals surface area contributed by atoms with Crippen LogP contribution in [-0.2, 0) is 16.0 Å². The largest absolute Gasteiger partial charge is 0.381 e. The number of amides is 1. The van der Waals surface area contributed by atoms with Gasteiger partial charge in [0.1, 0.15) is 6.54 Å². The van der Waals surface area contributed by atoms with Gasteiger partial charge < -0.3 is 19.9 Å². The summed E-state index contributed by atoms with van der Waals surface area (Å²) >= 11 is 0. The van der Waals surface area contributed by atoms with Crippen molar-refractivity contribution in [2.24, 2.45) is 10.9 Å². The predicted octanol–water partition coefficient (Wildman–Crippen LogP) is 2.24. The van der Waals surface area contributed by atoms with Crippen molar-refractivity contribution < 1.29 is 9.53 Å². The van der Waals surface area contributed by atoms with Crippen LogP contribution in [-0.4, -0.2) is 75.7 Å². The number of hydrogen-bond acceptors (Lipinski definition) is 3. The lowest BCUT2D eigenvalue weighted by molar-refractivity contribution is -0.127. The third kappa shape index (κ3) is 8.92. The second kappa shape index (κ2) is 12.9. The number of hydrogen-bond donors (Lipinski definition) is 1. The second-order valence-electron chi connectivity index (χ2n) is 7.03. The van der Waals surface area contributed by atoms with E-state index in [1.807, 2.05) is 13.1 Å². The van der Waals surface area contributed by atoms with E-state index in [0.717, 1.165) is 51.5 Å². The van der Waals surface area contributed by atoms with Gasteiger partial charge in [0.25, 0.3) is 0 Å². The van der Waals surface area contributed by atoms with Crippen molar-refractivity contribution >= 4 is 35.8 Å². The van der Waals surface area contributed by atoms with E-state index in [9.17, 15) is 4.79 Å². The number of likely N-dealkylation sites (N-methyl/N-ethyl adjacent to an activating group) is 1. The number of ether oxygens (including phenoxy) is 1. The quantitative estimate of drug-likeness (QED) is 0.364. The number of benzene rings is 1. The molecule has 0 spiro atoms. The molecule has 1 amide bonds. The second-order valence-corrected chi connectivity index (χ2v) is 7.03. The van der Waals surface area contributed by atoms with Crippen LogP contribution in [0.5, 0.6) is 0 Å². The molecule has 0 saturated carbocycles. The first-order chi connectivity index (χ1) is 12.6. The van der Waals surface area contributed by atoms with Gasteiger partial charge >= 0.3 is 0 Å². The molecule has 0 atom stereocenters. The first-order valence-corrected chi connectivity index (χ1v) is 9.37. The van der Waals surface area contributed by atoms with Crippen molar-refractivity contribution in [1.82, 2.24) is 15.1 Å². The maximum absolute atomic E-state index is 11.9. The summed E-state index contributed by atoms with van der Waals surface area (Å²) in [4.78, 5) is 20.2. The van der Waals surface area contributed by atoms with Crippen molar-refractivity contribution in [2.75, 3.05) is 54.0 Å². The van der Waals surface area contributed by atoms with Crippen LogP contribution in [0.3, 0.4) is 0 Å². The topological polar surface area (TPSA) is 57.2 Å². The lowest BCUT2D eigenvalue weighted by Crippen LogP contribution is -2.43. The average molecular weight is 488 g/mol. The van der Waals surface area contributed by atoms with Gasteiger partial charge in [-0.2, -0.15) is 0 Å². The van der Waals surface area contributed by atoms with Crippen LogP contribution >= 0.6 is 24.0 Å². The van der Waals surface area contributed by atoms with E-state index in [4.69, 9.17) is 4.74 Å². The summed E-state index contributed by atoms with van der Waals surface area (Å²) in [5, 5.41) is 3.43. The minimum absolute atomic E-state index is 0. The molecule has 2 rings (SSSR count). The van der Waals surface area contributed by atoms with Crippen molar-refractivity contribution in [3.63, 3.8) is 0 Å². The highest BCUT2D eigenvalue weighted by Gasteiger charge is 2.18. The fourth-order valence-corrected chi connectivity index (χ4v) is 2.96. The van der Waals surface area contributed by atoms with Gasteiger partial charge in [0, 0.05) is 47.4 Å². The number of halogens is 1. The fraction of sp³-hybridized carbons (Fsp3) is 0.600. The van der Waals surface area contributed by atoms with Crippen molar-refractivity contribution in [1.29, 1.82) is 0 Å². The van der Waals surface area contributed by atoms with Crippen LogP contribution in [0.25, 0.3) is 0 Å². The van der Waals surface area contributed by atoms with Gasteiger partial charge in [-0.3, -0.25) is 4.79 Å². The molecule has 0 aliphatic carbocycles. The summed E-state index contributed by atoms with van der Waals surface area (Å²) in [6.45, 7) is 3.56. The van der Waals surface area contributed by atoms with Crippen LogP contribution in [0, 0.1) is 5.92 Å². The zero-order valence-electron chi connectivity index (χ0n) is 16.7. The van der Waals surface area contributed by atoms with Crippen LogP contribution in [0.1, 0.15) is 18.4 Å². The molecule has 0 bridgehead atoms. The SMILES string of the molecule is CN(C)C(=O)CN=C(NCCc1ccccc1)N(C)CC1CCOCC1.I. The zero-order chi connectivity index (χ0) is 18.8. The highest BCUT2D eigenvalue weighted by Crippen LogP contribution is 2.15. The van der Waals surface area contributed by atoms with Crippen LogP contribution in [0.2, 0.25) is 0 Å². The van der Waals surface area contributed by atoms with E-state index in [1.165, 1.54) is 5.56 Å². The average Bonchev–Trinajstić information content (AvgIpc) is 2.65. The Morgan fingerprint density at radius 3 is 2.48 bits per heavy atom. The lowest BCUT2D eigenvalue weighted by atomic mass is 10.00. The number of aliphatic imine (C=N–C) groups is 1. The maximum Gasteiger partial charge on any atom is 0.243 e. The zero-order valence-corrected chi connectivity index (χ0v) is 19.0. The van der Waals surface area contributed by atoms with Gasteiger partial charge in [-0.25, -0.2) is 4.99 Å². The molecule has 1 aromatic rings. The van der Waals surface area contributed by atoms with E-state index >= 15 is 0 Å². The highest BCUT2D eigenvalue weighted by atomic mass is 127. The summed E-state index contributed by atoms with van der Waals surface area (Å²) in [7, 11) is 5.56. The Hall–Kier alpha value is -1.35. The molecule has 0 aromatic heterocycles. The molecular weight excluding hydrogens is 455 g/mol. The van der Waals surface area contributed by atoms with E-state index in [0.29, 0.717) is 5.92 Å². The summed E-state index contributed by atoms with van der Waals surface area (Å²) in [5.74, 6) is 1.41. The third-order valence-corrected chi connectivity index (χ3v) is 4.64. The Morgan fingerprint density at radius 2 is 1.85 bits per heavy atom. The predicted molar refractivity (Wildman–Crippen MR) is 121 cm³/mol. The van der Waals surface area contributed by atoms with E-state index < -0.39 is 0 Å². The Bertz CT molecular complexity index is 575. The normalized spacial score (nSPS) is 15.0. The van der Waals surface area contributed by atoms with Crippen molar-refractivity contribution in [3.05, 3.63) is 35.9 Å². The molecule has 1 aliphatic rings. The smallest absolute Gasteiger partial charge is 0.243 e. The first kappa shape index (κ1) is 23.7. The minimum atomic E-state index is 0. The molecule has 0 unspecified atom stereocenters.